The molecule has 222 valence electrons. The SMILES string of the molecule is COc1ccc2c(ccn2CC(O)CNc2cc[nH]c(=O)c2-c2nc3cc4c(cc3[nH]2)CN(C2CCN(C)CC2)C4=O)c1. The summed E-state index contributed by atoms with van der Waals surface area (Å²) in [5.74, 6) is 1.24. The third kappa shape index (κ3) is 5.04. The van der Waals surface area contributed by atoms with Gasteiger partial charge in [-0.1, -0.05) is 0 Å². The summed E-state index contributed by atoms with van der Waals surface area (Å²) in [7, 11) is 3.76. The Bertz CT molecular complexity index is 1880. The highest BCUT2D eigenvalue weighted by Crippen LogP contribution is 2.32. The minimum atomic E-state index is -0.720. The van der Waals surface area contributed by atoms with Crippen LogP contribution in [0, 0.1) is 0 Å². The maximum atomic E-state index is 13.3. The Morgan fingerprint density at radius 2 is 1.98 bits per heavy atom. The largest absolute Gasteiger partial charge is 0.497 e. The second kappa shape index (κ2) is 10.9. The molecule has 5 heterocycles. The van der Waals surface area contributed by atoms with Crippen LogP contribution in [0.1, 0.15) is 28.8 Å². The number of methoxy groups -OCH3 is 1. The number of aromatic nitrogens is 4. The molecule has 2 aliphatic rings. The molecule has 3 aromatic heterocycles. The Balaban J connectivity index is 1.09. The number of amides is 1. The molecule has 11 heteroatoms. The number of carbonyl (C=O) groups excluding carboxylic acids is 1. The van der Waals surface area contributed by atoms with Crippen molar-refractivity contribution in [2.75, 3.05) is 39.1 Å². The smallest absolute Gasteiger partial charge is 0.261 e. The number of hydrogen-bond acceptors (Lipinski definition) is 7. The van der Waals surface area contributed by atoms with Gasteiger partial charge in [0.2, 0.25) is 0 Å². The number of H-pyrrole nitrogens is 2. The van der Waals surface area contributed by atoms with Gasteiger partial charge in [0.25, 0.3) is 11.5 Å². The lowest BCUT2D eigenvalue weighted by Gasteiger charge is -2.34. The number of fused-ring (bicyclic) bond motifs is 3. The number of likely N-dealkylation sites (tertiary alicyclic amines) is 1. The van der Waals surface area contributed by atoms with Crippen molar-refractivity contribution in [2.45, 2.75) is 38.1 Å². The van der Waals surface area contributed by atoms with Gasteiger partial charge < -0.3 is 39.5 Å². The molecule has 0 saturated carbocycles. The summed E-state index contributed by atoms with van der Waals surface area (Å²) in [6.07, 6.45) is 4.75. The summed E-state index contributed by atoms with van der Waals surface area (Å²) in [5, 5.41) is 15.2. The molecule has 11 nitrogen and oxygen atoms in total. The molecule has 0 spiro atoms. The first kappa shape index (κ1) is 27.2. The molecule has 1 saturated heterocycles. The number of hydrogen-bond donors (Lipinski definition) is 4. The second-order valence-electron chi connectivity index (χ2n) is 11.6. The van der Waals surface area contributed by atoms with Gasteiger partial charge in [-0.3, -0.25) is 9.59 Å². The first-order valence-corrected chi connectivity index (χ1v) is 14.7. The van der Waals surface area contributed by atoms with E-state index in [0.29, 0.717) is 41.2 Å². The van der Waals surface area contributed by atoms with Crippen molar-refractivity contribution in [1.82, 2.24) is 29.3 Å². The summed E-state index contributed by atoms with van der Waals surface area (Å²) >= 11 is 0. The van der Waals surface area contributed by atoms with Gasteiger partial charge in [-0.05, 0) is 81.0 Å². The van der Waals surface area contributed by atoms with Crippen LogP contribution in [0.2, 0.25) is 0 Å². The van der Waals surface area contributed by atoms with Crippen molar-refractivity contribution in [3.05, 3.63) is 76.3 Å². The summed E-state index contributed by atoms with van der Waals surface area (Å²) in [5.41, 5.74) is 4.68. The molecular formula is C32H35N7O4. The number of ether oxygens (including phenoxy) is 1. The average molecular weight is 582 g/mol. The molecule has 5 aromatic rings. The highest BCUT2D eigenvalue weighted by atomic mass is 16.5. The van der Waals surface area contributed by atoms with Crippen LogP contribution >= 0.6 is 0 Å². The normalized spacial score (nSPS) is 16.7. The quantitative estimate of drug-likeness (QED) is 0.221. The maximum absolute atomic E-state index is 13.3. The predicted octanol–water partition coefficient (Wildman–Crippen LogP) is 3.40. The number of piperidine rings is 1. The molecule has 2 aliphatic heterocycles. The number of anilines is 1. The van der Waals surface area contributed by atoms with Crippen LogP contribution in [0.25, 0.3) is 33.3 Å². The molecule has 1 atom stereocenters. The van der Waals surface area contributed by atoms with E-state index in [2.05, 4.69) is 27.2 Å². The average Bonchev–Trinajstić information content (AvgIpc) is 3.70. The van der Waals surface area contributed by atoms with Gasteiger partial charge in [-0.25, -0.2) is 4.98 Å². The fourth-order valence-electron chi connectivity index (χ4n) is 6.41. The van der Waals surface area contributed by atoms with Crippen LogP contribution in [-0.4, -0.2) is 86.3 Å². The predicted molar refractivity (Wildman–Crippen MR) is 166 cm³/mol. The van der Waals surface area contributed by atoms with E-state index in [1.54, 1.807) is 19.4 Å². The molecule has 43 heavy (non-hydrogen) atoms. The number of aromatic amines is 2. The van der Waals surface area contributed by atoms with E-state index in [9.17, 15) is 14.7 Å². The van der Waals surface area contributed by atoms with Crippen molar-refractivity contribution in [3.63, 3.8) is 0 Å². The van der Waals surface area contributed by atoms with E-state index in [-0.39, 0.29) is 24.1 Å². The van der Waals surface area contributed by atoms with E-state index in [0.717, 1.165) is 53.7 Å². The maximum Gasteiger partial charge on any atom is 0.261 e. The fourth-order valence-corrected chi connectivity index (χ4v) is 6.41. The Hall–Kier alpha value is -4.61. The Morgan fingerprint density at radius 1 is 1.14 bits per heavy atom. The molecule has 1 fully saturated rings. The number of benzene rings is 2. The monoisotopic (exact) mass is 581 g/mol. The number of rotatable bonds is 8. The number of carbonyl (C=O) groups is 1. The van der Waals surface area contributed by atoms with Gasteiger partial charge >= 0.3 is 0 Å². The minimum Gasteiger partial charge on any atom is -0.497 e. The summed E-state index contributed by atoms with van der Waals surface area (Å²) in [6.45, 7) is 3.18. The lowest BCUT2D eigenvalue weighted by Crippen LogP contribution is -2.43. The molecule has 7 rings (SSSR count). The highest BCUT2D eigenvalue weighted by molar-refractivity contribution is 6.02. The van der Waals surface area contributed by atoms with Crippen LogP contribution in [0.3, 0.4) is 0 Å². The molecule has 1 amide bonds. The topological polar surface area (TPSA) is 132 Å². The van der Waals surface area contributed by atoms with Crippen LogP contribution in [0.5, 0.6) is 5.75 Å². The molecule has 0 aliphatic carbocycles. The van der Waals surface area contributed by atoms with Gasteiger partial charge in [0.05, 0.1) is 36.5 Å². The van der Waals surface area contributed by atoms with Crippen LogP contribution in [0.4, 0.5) is 5.69 Å². The van der Waals surface area contributed by atoms with Crippen LogP contribution < -0.4 is 15.6 Å². The third-order valence-corrected chi connectivity index (χ3v) is 8.78. The van der Waals surface area contributed by atoms with Crippen molar-refractivity contribution >= 4 is 33.5 Å². The van der Waals surface area contributed by atoms with E-state index in [1.807, 2.05) is 52.1 Å². The summed E-state index contributed by atoms with van der Waals surface area (Å²) < 4.78 is 7.30. The number of nitrogens with zero attached hydrogens (tertiary/aromatic N) is 4. The molecule has 2 aromatic carbocycles. The van der Waals surface area contributed by atoms with Gasteiger partial charge in [-0.2, -0.15) is 0 Å². The molecule has 4 N–H and O–H groups in total. The second-order valence-corrected chi connectivity index (χ2v) is 11.6. The number of aliphatic hydroxyl groups excluding tert-OH is 1. The van der Waals surface area contributed by atoms with Gasteiger partial charge in [0.15, 0.2) is 0 Å². The van der Waals surface area contributed by atoms with Crippen molar-refractivity contribution in [3.8, 4) is 17.1 Å². The van der Waals surface area contributed by atoms with Crippen molar-refractivity contribution in [1.29, 1.82) is 0 Å². The fraction of sp³-hybridized carbons (Fsp3) is 0.344. The van der Waals surface area contributed by atoms with Crippen LogP contribution in [0.15, 0.2) is 59.7 Å². The lowest BCUT2D eigenvalue weighted by atomic mass is 10.0. The molecule has 0 radical (unpaired) electrons. The summed E-state index contributed by atoms with van der Waals surface area (Å²) in [4.78, 5) is 41.4. The number of aliphatic hydroxyl groups is 1. The van der Waals surface area contributed by atoms with E-state index < -0.39 is 6.10 Å². The Morgan fingerprint density at radius 3 is 2.79 bits per heavy atom. The highest BCUT2D eigenvalue weighted by Gasteiger charge is 2.34. The first-order chi connectivity index (χ1) is 20.9. The zero-order valence-electron chi connectivity index (χ0n) is 24.3. The number of pyridine rings is 1. The van der Waals surface area contributed by atoms with Gasteiger partial charge in [-0.15, -0.1) is 0 Å². The summed E-state index contributed by atoms with van der Waals surface area (Å²) in [6, 6.07) is 13.7. The Kier molecular flexibility index (Phi) is 6.91. The van der Waals surface area contributed by atoms with Gasteiger partial charge in [0.1, 0.15) is 17.1 Å². The first-order valence-electron chi connectivity index (χ1n) is 14.7. The van der Waals surface area contributed by atoms with Crippen molar-refractivity contribution in [2.24, 2.45) is 0 Å². The number of nitrogens with one attached hydrogen (secondary N) is 3. The minimum absolute atomic E-state index is 0.0551. The zero-order chi connectivity index (χ0) is 29.7. The molecule has 1 unspecified atom stereocenters. The van der Waals surface area contributed by atoms with Crippen molar-refractivity contribution < 1.29 is 14.6 Å². The van der Waals surface area contributed by atoms with Gasteiger partial charge in [0, 0.05) is 48.0 Å². The van der Waals surface area contributed by atoms with E-state index in [4.69, 9.17) is 9.72 Å². The number of imidazole rings is 1. The third-order valence-electron chi connectivity index (χ3n) is 8.78. The molecular weight excluding hydrogens is 546 g/mol. The lowest BCUT2D eigenvalue weighted by molar-refractivity contribution is 0.0617. The van der Waals surface area contributed by atoms with E-state index in [1.165, 1.54) is 0 Å². The van der Waals surface area contributed by atoms with E-state index >= 15 is 0 Å². The standard InChI is InChI=1S/C32H35N7O4/c1-37-10-7-21(8-11-37)39-17-20-14-26-27(15-24(20)32(39)42)36-30(35-26)29-25(5-9-33-31(29)41)34-16-22(40)18-38-12-6-19-13-23(43-2)3-4-28(19)38/h3-6,9,12-15,21-22,40H,7-8,10-11,16-18H2,1-2H3,(H,35,36)(H2,33,34,41). The zero-order valence-corrected chi connectivity index (χ0v) is 24.3. The Labute approximate surface area is 248 Å². The molecule has 0 bridgehead atoms. The van der Waals surface area contributed by atoms with Crippen LogP contribution in [-0.2, 0) is 13.1 Å².